The van der Waals surface area contributed by atoms with Crippen molar-refractivity contribution < 1.29 is 4.79 Å². The zero-order valence-corrected chi connectivity index (χ0v) is 16.4. The Bertz CT molecular complexity index is 937. The van der Waals surface area contributed by atoms with Gasteiger partial charge in [0.25, 0.3) is 0 Å². The molecular formula is C20H17ClN2OS2. The van der Waals surface area contributed by atoms with Crippen molar-refractivity contribution in [1.29, 1.82) is 0 Å². The maximum atomic E-state index is 12.2. The number of thioether (sulfide) groups is 1. The van der Waals surface area contributed by atoms with Gasteiger partial charge in [0.2, 0.25) is 5.91 Å². The van der Waals surface area contributed by atoms with E-state index in [0.717, 1.165) is 29.3 Å². The summed E-state index contributed by atoms with van der Waals surface area (Å²) in [6.45, 7) is 0. The third-order valence-corrected chi connectivity index (χ3v) is 6.52. The summed E-state index contributed by atoms with van der Waals surface area (Å²) in [7, 11) is 0. The van der Waals surface area contributed by atoms with Crippen molar-refractivity contribution >= 4 is 45.7 Å². The Labute approximate surface area is 165 Å². The van der Waals surface area contributed by atoms with Gasteiger partial charge in [-0.1, -0.05) is 35.9 Å². The van der Waals surface area contributed by atoms with E-state index >= 15 is 0 Å². The lowest BCUT2D eigenvalue weighted by molar-refractivity contribution is -0.116. The molecule has 1 heterocycles. The third-order valence-electron chi connectivity index (χ3n) is 4.20. The molecule has 1 aliphatic carbocycles. The number of fused-ring (bicyclic) bond motifs is 3. The molecule has 0 saturated heterocycles. The molecule has 3 aromatic rings. The Morgan fingerprint density at radius 2 is 2.00 bits per heavy atom. The van der Waals surface area contributed by atoms with Gasteiger partial charge in [0, 0.05) is 33.2 Å². The van der Waals surface area contributed by atoms with Crippen LogP contribution in [0, 0.1) is 0 Å². The second-order valence-corrected chi connectivity index (χ2v) is 8.77. The number of nitrogens with one attached hydrogen (secondary N) is 1. The van der Waals surface area contributed by atoms with Crippen LogP contribution in [0.2, 0.25) is 5.02 Å². The van der Waals surface area contributed by atoms with E-state index in [-0.39, 0.29) is 5.91 Å². The minimum atomic E-state index is 0.0300. The predicted molar refractivity (Wildman–Crippen MR) is 110 cm³/mol. The van der Waals surface area contributed by atoms with E-state index in [9.17, 15) is 4.79 Å². The first-order valence-electron chi connectivity index (χ1n) is 8.45. The molecule has 0 spiro atoms. The van der Waals surface area contributed by atoms with Gasteiger partial charge in [-0.15, -0.1) is 23.1 Å². The summed E-state index contributed by atoms with van der Waals surface area (Å²) >= 11 is 9.20. The largest absolute Gasteiger partial charge is 0.302 e. The number of nitrogens with zero attached hydrogens (tertiary/aromatic N) is 1. The summed E-state index contributed by atoms with van der Waals surface area (Å²) in [5.74, 6) is 0.930. The van der Waals surface area contributed by atoms with Crippen LogP contribution < -0.4 is 5.32 Å². The molecule has 0 atom stereocenters. The van der Waals surface area contributed by atoms with Crippen LogP contribution in [0.25, 0.3) is 11.3 Å². The average molecular weight is 401 g/mol. The van der Waals surface area contributed by atoms with Gasteiger partial charge in [0.05, 0.1) is 5.69 Å². The van der Waals surface area contributed by atoms with Crippen LogP contribution in [0.1, 0.15) is 23.3 Å². The SMILES string of the molecule is O=C(CCCSc1ccc(Cl)cc1)Nc1nc2c(s1)Cc1ccccc1-2. The third kappa shape index (κ3) is 3.95. The second kappa shape index (κ2) is 7.82. The van der Waals surface area contributed by atoms with Crippen molar-refractivity contribution in [3.8, 4) is 11.3 Å². The monoisotopic (exact) mass is 400 g/mol. The molecule has 0 saturated carbocycles. The molecule has 2 aromatic carbocycles. The molecule has 0 bridgehead atoms. The van der Waals surface area contributed by atoms with E-state index in [1.165, 1.54) is 20.9 Å². The minimum absolute atomic E-state index is 0.0300. The highest BCUT2D eigenvalue weighted by Gasteiger charge is 2.23. The Morgan fingerprint density at radius 3 is 2.85 bits per heavy atom. The highest BCUT2D eigenvalue weighted by molar-refractivity contribution is 7.99. The summed E-state index contributed by atoms with van der Waals surface area (Å²) in [5, 5.41) is 4.40. The molecule has 0 aliphatic heterocycles. The maximum Gasteiger partial charge on any atom is 0.226 e. The summed E-state index contributed by atoms with van der Waals surface area (Å²) < 4.78 is 0. The van der Waals surface area contributed by atoms with Crippen LogP contribution in [0.15, 0.2) is 53.4 Å². The Kier molecular flexibility index (Phi) is 5.29. The highest BCUT2D eigenvalue weighted by atomic mass is 35.5. The molecule has 1 amide bonds. The first-order chi connectivity index (χ1) is 12.7. The van der Waals surface area contributed by atoms with Gasteiger partial charge in [-0.25, -0.2) is 4.98 Å². The van der Waals surface area contributed by atoms with Crippen molar-refractivity contribution in [3.63, 3.8) is 0 Å². The molecule has 26 heavy (non-hydrogen) atoms. The van der Waals surface area contributed by atoms with E-state index in [2.05, 4.69) is 28.5 Å². The normalized spacial score (nSPS) is 11.9. The molecule has 1 aliphatic rings. The zero-order chi connectivity index (χ0) is 17.9. The Hall–Kier alpha value is -1.82. The van der Waals surface area contributed by atoms with Crippen LogP contribution in [-0.4, -0.2) is 16.6 Å². The predicted octanol–water partition coefficient (Wildman–Crippen LogP) is 5.88. The Morgan fingerprint density at radius 1 is 1.19 bits per heavy atom. The Balaban J connectivity index is 1.26. The smallest absolute Gasteiger partial charge is 0.226 e. The lowest BCUT2D eigenvalue weighted by Gasteiger charge is -2.03. The van der Waals surface area contributed by atoms with E-state index < -0.39 is 0 Å². The van der Waals surface area contributed by atoms with E-state index in [1.807, 2.05) is 30.3 Å². The van der Waals surface area contributed by atoms with Crippen LogP contribution in [0.4, 0.5) is 5.13 Å². The van der Waals surface area contributed by atoms with Crippen LogP contribution in [-0.2, 0) is 11.2 Å². The number of amides is 1. The number of hydrogen-bond acceptors (Lipinski definition) is 4. The number of anilines is 1. The maximum absolute atomic E-state index is 12.2. The van der Waals surface area contributed by atoms with Crippen LogP contribution in [0.5, 0.6) is 0 Å². The first-order valence-corrected chi connectivity index (χ1v) is 10.6. The van der Waals surface area contributed by atoms with Gasteiger partial charge in [0.1, 0.15) is 0 Å². The van der Waals surface area contributed by atoms with Gasteiger partial charge in [0.15, 0.2) is 5.13 Å². The number of hydrogen-bond donors (Lipinski definition) is 1. The number of thiazole rings is 1. The number of halogens is 1. The van der Waals surface area contributed by atoms with Gasteiger partial charge in [-0.2, -0.15) is 0 Å². The van der Waals surface area contributed by atoms with Crippen molar-refractivity contribution in [2.24, 2.45) is 0 Å². The fraction of sp³-hybridized carbons (Fsp3) is 0.200. The summed E-state index contributed by atoms with van der Waals surface area (Å²) in [4.78, 5) is 19.2. The molecule has 4 rings (SSSR count). The summed E-state index contributed by atoms with van der Waals surface area (Å²) in [6.07, 6.45) is 2.24. The van der Waals surface area contributed by atoms with Crippen LogP contribution >= 0.6 is 34.7 Å². The molecule has 0 unspecified atom stereocenters. The van der Waals surface area contributed by atoms with E-state index in [0.29, 0.717) is 11.6 Å². The van der Waals surface area contributed by atoms with Crippen molar-refractivity contribution in [1.82, 2.24) is 4.98 Å². The van der Waals surface area contributed by atoms with E-state index in [1.54, 1.807) is 23.1 Å². The van der Waals surface area contributed by atoms with E-state index in [4.69, 9.17) is 11.6 Å². The minimum Gasteiger partial charge on any atom is -0.302 e. The van der Waals surface area contributed by atoms with Gasteiger partial charge in [-0.3, -0.25) is 4.79 Å². The van der Waals surface area contributed by atoms with Crippen molar-refractivity contribution in [2.75, 3.05) is 11.1 Å². The average Bonchev–Trinajstić information content (AvgIpc) is 3.17. The quantitative estimate of drug-likeness (QED) is 0.324. The van der Waals surface area contributed by atoms with Crippen molar-refractivity contribution in [3.05, 3.63) is 64.0 Å². The van der Waals surface area contributed by atoms with Gasteiger partial charge < -0.3 is 5.32 Å². The standard InChI is InChI=1S/C20H17ClN2OS2/c21-14-7-9-15(10-8-14)25-11-3-6-18(24)22-20-23-19-16-5-2-1-4-13(16)12-17(19)26-20/h1-2,4-5,7-10H,3,6,11-12H2,(H,22,23,24). The molecule has 3 nitrogen and oxygen atoms in total. The fourth-order valence-electron chi connectivity index (χ4n) is 2.95. The topological polar surface area (TPSA) is 42.0 Å². The summed E-state index contributed by atoms with van der Waals surface area (Å²) in [6, 6.07) is 16.1. The zero-order valence-electron chi connectivity index (χ0n) is 14.0. The summed E-state index contributed by atoms with van der Waals surface area (Å²) in [5.41, 5.74) is 3.54. The molecule has 6 heteroatoms. The molecular weight excluding hydrogens is 384 g/mol. The molecule has 0 radical (unpaired) electrons. The molecule has 132 valence electrons. The lowest BCUT2D eigenvalue weighted by atomic mass is 10.1. The number of aromatic nitrogens is 1. The van der Waals surface area contributed by atoms with Crippen molar-refractivity contribution in [2.45, 2.75) is 24.2 Å². The van der Waals surface area contributed by atoms with Gasteiger partial charge in [-0.05, 0) is 42.0 Å². The molecule has 1 aromatic heterocycles. The number of rotatable bonds is 6. The fourth-order valence-corrected chi connectivity index (χ4v) is 4.94. The molecule has 0 fully saturated rings. The highest BCUT2D eigenvalue weighted by Crippen LogP contribution is 2.40. The lowest BCUT2D eigenvalue weighted by Crippen LogP contribution is -2.11. The second-order valence-electron chi connectivity index (χ2n) is 6.08. The number of carbonyl (C=O) groups is 1. The van der Waals surface area contributed by atoms with Crippen LogP contribution in [0.3, 0.4) is 0 Å². The first kappa shape index (κ1) is 17.6. The number of benzene rings is 2. The molecule has 1 N–H and O–H groups in total. The van der Waals surface area contributed by atoms with Gasteiger partial charge >= 0.3 is 0 Å². The number of carbonyl (C=O) groups excluding carboxylic acids is 1.